The topological polar surface area (TPSA) is 32.3 Å². The molecule has 2 heteroatoms. The first kappa shape index (κ1) is 9.01. The lowest BCUT2D eigenvalue weighted by Crippen LogP contribution is -2.32. The highest BCUT2D eigenvalue weighted by Gasteiger charge is 2.21. The molecule has 0 aromatic carbocycles. The Morgan fingerprint density at radius 2 is 2.27 bits per heavy atom. The Bertz CT molecular complexity index is 106. The van der Waals surface area contributed by atoms with Crippen molar-refractivity contribution in [3.8, 4) is 0 Å². The summed E-state index contributed by atoms with van der Waals surface area (Å²) in [6.07, 6.45) is 4.96. The summed E-state index contributed by atoms with van der Waals surface area (Å²) < 4.78 is 0. The van der Waals surface area contributed by atoms with Crippen LogP contribution in [0.5, 0.6) is 0 Å². The second-order valence-electron chi connectivity index (χ2n) is 3.55. The van der Waals surface area contributed by atoms with Gasteiger partial charge in [-0.05, 0) is 31.7 Å². The Kier molecular flexibility index (Phi) is 3.87. The van der Waals surface area contributed by atoms with Crippen LogP contribution in [-0.4, -0.2) is 24.3 Å². The molecule has 0 aliphatic heterocycles. The van der Waals surface area contributed by atoms with E-state index >= 15 is 0 Å². The summed E-state index contributed by atoms with van der Waals surface area (Å²) in [5, 5.41) is 12.0. The van der Waals surface area contributed by atoms with Crippen LogP contribution in [0.15, 0.2) is 0 Å². The van der Waals surface area contributed by atoms with Crippen LogP contribution >= 0.6 is 0 Å². The van der Waals surface area contributed by atoms with Crippen LogP contribution in [0.25, 0.3) is 0 Å². The number of rotatable bonds is 4. The van der Waals surface area contributed by atoms with Gasteiger partial charge in [0.2, 0.25) is 0 Å². The molecule has 2 N–H and O–H groups in total. The molecule has 0 bridgehead atoms. The van der Waals surface area contributed by atoms with E-state index in [-0.39, 0.29) is 0 Å². The number of aliphatic hydroxyl groups is 1. The van der Waals surface area contributed by atoms with Crippen molar-refractivity contribution in [1.82, 2.24) is 5.32 Å². The Morgan fingerprint density at radius 1 is 1.45 bits per heavy atom. The van der Waals surface area contributed by atoms with Crippen molar-refractivity contribution in [2.75, 3.05) is 13.2 Å². The van der Waals surface area contributed by atoms with E-state index < -0.39 is 0 Å². The molecule has 11 heavy (non-hydrogen) atoms. The van der Waals surface area contributed by atoms with Gasteiger partial charge in [-0.1, -0.05) is 13.3 Å². The minimum Gasteiger partial charge on any atom is -0.396 e. The second kappa shape index (κ2) is 4.73. The zero-order valence-electron chi connectivity index (χ0n) is 7.34. The van der Waals surface area contributed by atoms with Crippen LogP contribution in [0.3, 0.4) is 0 Å². The molecule has 2 atom stereocenters. The molecule has 0 unspecified atom stereocenters. The van der Waals surface area contributed by atoms with Crippen LogP contribution in [0.2, 0.25) is 0 Å². The molecule has 66 valence electrons. The Balaban J connectivity index is 2.05. The lowest BCUT2D eigenvalue weighted by atomic mass is 10.1. The summed E-state index contributed by atoms with van der Waals surface area (Å²) >= 11 is 0. The minimum absolute atomic E-state index is 0.314. The summed E-state index contributed by atoms with van der Waals surface area (Å²) in [6, 6.07) is 0.724. The largest absolute Gasteiger partial charge is 0.396 e. The highest BCUT2D eigenvalue weighted by molar-refractivity contribution is 4.79. The second-order valence-corrected chi connectivity index (χ2v) is 3.55. The summed E-state index contributed by atoms with van der Waals surface area (Å²) in [7, 11) is 0. The first-order valence-electron chi connectivity index (χ1n) is 4.69. The third kappa shape index (κ3) is 2.80. The predicted molar refractivity (Wildman–Crippen MR) is 46.5 cm³/mol. The first-order chi connectivity index (χ1) is 5.34. The van der Waals surface area contributed by atoms with Gasteiger partial charge in [-0.2, -0.15) is 0 Å². The van der Waals surface area contributed by atoms with Crippen molar-refractivity contribution in [3.05, 3.63) is 0 Å². The van der Waals surface area contributed by atoms with Crippen molar-refractivity contribution in [3.63, 3.8) is 0 Å². The number of hydrogen-bond acceptors (Lipinski definition) is 2. The fraction of sp³-hybridized carbons (Fsp3) is 1.00. The lowest BCUT2D eigenvalue weighted by molar-refractivity contribution is 0.280. The van der Waals surface area contributed by atoms with Crippen LogP contribution < -0.4 is 5.32 Å². The molecule has 2 nitrogen and oxygen atoms in total. The third-order valence-corrected chi connectivity index (χ3v) is 2.60. The molecule has 1 aliphatic rings. The smallest absolute Gasteiger partial charge is 0.0443 e. The zero-order valence-corrected chi connectivity index (χ0v) is 7.34. The van der Waals surface area contributed by atoms with E-state index in [0.29, 0.717) is 6.61 Å². The van der Waals surface area contributed by atoms with Gasteiger partial charge in [0, 0.05) is 12.6 Å². The Morgan fingerprint density at radius 3 is 2.82 bits per heavy atom. The maximum Gasteiger partial charge on any atom is 0.0443 e. The van der Waals surface area contributed by atoms with Crippen molar-refractivity contribution in [1.29, 1.82) is 0 Å². The van der Waals surface area contributed by atoms with Gasteiger partial charge >= 0.3 is 0 Å². The standard InChI is InChI=1S/C9H19NO/c1-8-4-2-5-9(8)10-6-3-7-11/h8-11H,2-7H2,1H3/t8-,9-/m1/s1. The maximum absolute atomic E-state index is 8.57. The maximum atomic E-state index is 8.57. The highest BCUT2D eigenvalue weighted by Crippen LogP contribution is 2.24. The molecular weight excluding hydrogens is 138 g/mol. The molecule has 0 heterocycles. The van der Waals surface area contributed by atoms with Gasteiger partial charge in [0.05, 0.1) is 0 Å². The lowest BCUT2D eigenvalue weighted by Gasteiger charge is -2.16. The SMILES string of the molecule is C[C@@H]1CCC[C@H]1NCCCO. The summed E-state index contributed by atoms with van der Waals surface area (Å²) in [4.78, 5) is 0. The van der Waals surface area contributed by atoms with Crippen molar-refractivity contribution in [2.45, 2.75) is 38.6 Å². The number of nitrogens with one attached hydrogen (secondary N) is 1. The molecule has 1 aliphatic carbocycles. The number of hydrogen-bond donors (Lipinski definition) is 2. The van der Waals surface area contributed by atoms with Gasteiger partial charge in [-0.15, -0.1) is 0 Å². The van der Waals surface area contributed by atoms with Crippen LogP contribution in [0.4, 0.5) is 0 Å². The summed E-state index contributed by atoms with van der Waals surface area (Å²) in [6.45, 7) is 3.60. The molecule has 1 rings (SSSR count). The molecule has 0 aromatic rings. The van der Waals surface area contributed by atoms with Gasteiger partial charge in [0.15, 0.2) is 0 Å². The van der Waals surface area contributed by atoms with Gasteiger partial charge in [-0.3, -0.25) is 0 Å². The van der Waals surface area contributed by atoms with E-state index in [2.05, 4.69) is 12.2 Å². The van der Waals surface area contributed by atoms with Crippen molar-refractivity contribution >= 4 is 0 Å². The average molecular weight is 157 g/mol. The van der Waals surface area contributed by atoms with E-state index in [1.165, 1.54) is 19.3 Å². The summed E-state index contributed by atoms with van der Waals surface area (Å²) in [5.41, 5.74) is 0. The summed E-state index contributed by atoms with van der Waals surface area (Å²) in [5.74, 6) is 0.841. The Labute approximate surface area is 69.0 Å². The number of aliphatic hydroxyl groups excluding tert-OH is 1. The fourth-order valence-electron chi connectivity index (χ4n) is 1.82. The van der Waals surface area contributed by atoms with E-state index in [0.717, 1.165) is 24.9 Å². The molecule has 0 aromatic heterocycles. The van der Waals surface area contributed by atoms with Crippen LogP contribution in [0, 0.1) is 5.92 Å². The van der Waals surface area contributed by atoms with Crippen LogP contribution in [0.1, 0.15) is 32.6 Å². The fourth-order valence-corrected chi connectivity index (χ4v) is 1.82. The van der Waals surface area contributed by atoms with E-state index in [1.807, 2.05) is 0 Å². The molecule has 1 saturated carbocycles. The van der Waals surface area contributed by atoms with Crippen LogP contribution in [-0.2, 0) is 0 Å². The molecule has 1 fully saturated rings. The van der Waals surface area contributed by atoms with Gasteiger partial charge < -0.3 is 10.4 Å². The minimum atomic E-state index is 0.314. The van der Waals surface area contributed by atoms with E-state index in [1.54, 1.807) is 0 Å². The van der Waals surface area contributed by atoms with Crippen molar-refractivity contribution < 1.29 is 5.11 Å². The molecule has 0 saturated heterocycles. The zero-order chi connectivity index (χ0) is 8.10. The third-order valence-electron chi connectivity index (χ3n) is 2.60. The quantitative estimate of drug-likeness (QED) is 0.600. The van der Waals surface area contributed by atoms with Gasteiger partial charge in [0.1, 0.15) is 0 Å². The monoisotopic (exact) mass is 157 g/mol. The highest BCUT2D eigenvalue weighted by atomic mass is 16.3. The van der Waals surface area contributed by atoms with E-state index in [4.69, 9.17) is 5.11 Å². The normalized spacial score (nSPS) is 31.1. The molecule has 0 spiro atoms. The van der Waals surface area contributed by atoms with Gasteiger partial charge in [-0.25, -0.2) is 0 Å². The Hall–Kier alpha value is -0.0800. The average Bonchev–Trinajstić information content (AvgIpc) is 2.37. The van der Waals surface area contributed by atoms with Crippen molar-refractivity contribution in [2.24, 2.45) is 5.92 Å². The van der Waals surface area contributed by atoms with E-state index in [9.17, 15) is 0 Å². The molecule has 0 amide bonds. The van der Waals surface area contributed by atoms with Gasteiger partial charge in [0.25, 0.3) is 0 Å². The predicted octanol–water partition coefficient (Wildman–Crippen LogP) is 1.15. The molecule has 0 radical (unpaired) electrons. The molecular formula is C9H19NO. The first-order valence-corrected chi connectivity index (χ1v) is 4.69.